The normalized spacial score (nSPS) is 12.4. The first-order valence-electron chi connectivity index (χ1n) is 6.18. The summed E-state index contributed by atoms with van der Waals surface area (Å²) in [5, 5.41) is 1.39. The lowest BCUT2D eigenvalue weighted by atomic mass is 9.98. The second-order valence-corrected chi connectivity index (χ2v) is 6.56. The van der Waals surface area contributed by atoms with E-state index in [1.54, 1.807) is 6.07 Å². The fourth-order valence-electron chi connectivity index (χ4n) is 2.12. The van der Waals surface area contributed by atoms with Gasteiger partial charge in [-0.3, -0.25) is 11.3 Å². The molecule has 0 spiro atoms. The highest BCUT2D eigenvalue weighted by atomic mass is 127. The molecule has 0 amide bonds. The molecule has 0 saturated carbocycles. The number of hydrazine groups is 1. The van der Waals surface area contributed by atoms with Gasteiger partial charge in [0.05, 0.1) is 6.04 Å². The summed E-state index contributed by atoms with van der Waals surface area (Å²) in [6, 6.07) is 11.7. The SMILES string of the molecule is Cc1cccc(C(Cc2cc(Cl)ccc2Cl)NN)c1I. The molecule has 106 valence electrons. The summed E-state index contributed by atoms with van der Waals surface area (Å²) >= 11 is 14.6. The van der Waals surface area contributed by atoms with E-state index in [0.717, 1.165) is 5.56 Å². The van der Waals surface area contributed by atoms with Gasteiger partial charge in [-0.1, -0.05) is 41.4 Å². The largest absolute Gasteiger partial charge is 0.271 e. The van der Waals surface area contributed by atoms with Crippen molar-refractivity contribution in [3.63, 3.8) is 0 Å². The zero-order chi connectivity index (χ0) is 14.7. The summed E-state index contributed by atoms with van der Waals surface area (Å²) < 4.78 is 1.21. The quantitative estimate of drug-likeness (QED) is 0.429. The van der Waals surface area contributed by atoms with Crippen LogP contribution in [0.1, 0.15) is 22.7 Å². The minimum Gasteiger partial charge on any atom is -0.271 e. The first-order valence-corrected chi connectivity index (χ1v) is 8.01. The van der Waals surface area contributed by atoms with Gasteiger partial charge in [-0.2, -0.15) is 0 Å². The molecule has 0 aromatic heterocycles. The van der Waals surface area contributed by atoms with Crippen molar-refractivity contribution in [2.45, 2.75) is 19.4 Å². The molecule has 0 radical (unpaired) electrons. The van der Waals surface area contributed by atoms with Gasteiger partial charge in [0.25, 0.3) is 0 Å². The number of rotatable bonds is 4. The molecule has 2 aromatic carbocycles. The molecule has 0 heterocycles. The summed E-state index contributed by atoms with van der Waals surface area (Å²) in [5.41, 5.74) is 6.27. The van der Waals surface area contributed by atoms with Crippen LogP contribution in [0.5, 0.6) is 0 Å². The van der Waals surface area contributed by atoms with Gasteiger partial charge in [-0.05, 0) is 70.8 Å². The summed E-state index contributed by atoms with van der Waals surface area (Å²) in [5.74, 6) is 5.73. The molecule has 0 aliphatic carbocycles. The van der Waals surface area contributed by atoms with E-state index in [1.807, 2.05) is 18.2 Å². The highest BCUT2D eigenvalue weighted by molar-refractivity contribution is 14.1. The molecule has 5 heteroatoms. The maximum Gasteiger partial charge on any atom is 0.0511 e. The van der Waals surface area contributed by atoms with Crippen LogP contribution in [0.4, 0.5) is 0 Å². The third-order valence-electron chi connectivity index (χ3n) is 3.23. The molecule has 0 fully saturated rings. The van der Waals surface area contributed by atoms with Crippen LogP contribution in [0, 0.1) is 10.5 Å². The van der Waals surface area contributed by atoms with Gasteiger partial charge < -0.3 is 0 Å². The highest BCUT2D eigenvalue weighted by Crippen LogP contribution is 2.29. The standard InChI is InChI=1S/C15H15Cl2IN2/c1-9-3-2-4-12(15(9)18)14(20-19)8-10-7-11(16)5-6-13(10)17/h2-7,14,20H,8,19H2,1H3. The number of halogens is 3. The highest BCUT2D eigenvalue weighted by Gasteiger charge is 2.16. The monoisotopic (exact) mass is 420 g/mol. The minimum atomic E-state index is -0.00207. The fraction of sp³-hybridized carbons (Fsp3) is 0.200. The number of nitrogens with two attached hydrogens (primary N) is 1. The van der Waals surface area contributed by atoms with Gasteiger partial charge in [0, 0.05) is 13.6 Å². The van der Waals surface area contributed by atoms with Crippen molar-refractivity contribution in [1.29, 1.82) is 0 Å². The third kappa shape index (κ3) is 3.65. The number of aryl methyl sites for hydroxylation is 1. The van der Waals surface area contributed by atoms with Crippen LogP contribution in [0.3, 0.4) is 0 Å². The van der Waals surface area contributed by atoms with E-state index in [4.69, 9.17) is 29.0 Å². The van der Waals surface area contributed by atoms with E-state index in [0.29, 0.717) is 16.5 Å². The predicted octanol–water partition coefficient (Wildman–Crippen LogP) is 4.65. The Kier molecular flexibility index (Phi) is 5.69. The summed E-state index contributed by atoms with van der Waals surface area (Å²) in [6.45, 7) is 2.09. The van der Waals surface area contributed by atoms with Gasteiger partial charge >= 0.3 is 0 Å². The molecule has 1 atom stereocenters. The van der Waals surface area contributed by atoms with Crippen molar-refractivity contribution in [2.75, 3.05) is 0 Å². The van der Waals surface area contributed by atoms with Crippen molar-refractivity contribution >= 4 is 45.8 Å². The molecule has 0 saturated heterocycles. The lowest BCUT2D eigenvalue weighted by Gasteiger charge is -2.19. The topological polar surface area (TPSA) is 38.0 Å². The molecule has 0 bridgehead atoms. The predicted molar refractivity (Wildman–Crippen MR) is 94.1 cm³/mol. The van der Waals surface area contributed by atoms with E-state index in [2.05, 4.69) is 47.1 Å². The van der Waals surface area contributed by atoms with E-state index in [9.17, 15) is 0 Å². The second kappa shape index (κ2) is 7.09. The molecular formula is C15H15Cl2IN2. The van der Waals surface area contributed by atoms with Crippen LogP contribution in [-0.4, -0.2) is 0 Å². The molecule has 0 aliphatic rings. The number of benzene rings is 2. The molecular weight excluding hydrogens is 406 g/mol. The van der Waals surface area contributed by atoms with Crippen LogP contribution in [0.2, 0.25) is 10.0 Å². The van der Waals surface area contributed by atoms with Gasteiger partial charge in [-0.25, -0.2) is 0 Å². The molecule has 2 rings (SSSR count). The van der Waals surface area contributed by atoms with Crippen molar-refractivity contribution in [3.05, 3.63) is 66.7 Å². The van der Waals surface area contributed by atoms with Crippen LogP contribution >= 0.6 is 45.8 Å². The Bertz CT molecular complexity index is 617. The van der Waals surface area contributed by atoms with Gasteiger partial charge in [-0.15, -0.1) is 0 Å². The second-order valence-electron chi connectivity index (χ2n) is 4.64. The average Bonchev–Trinajstić information content (AvgIpc) is 2.43. The van der Waals surface area contributed by atoms with Crippen LogP contribution < -0.4 is 11.3 Å². The van der Waals surface area contributed by atoms with Gasteiger partial charge in [0.15, 0.2) is 0 Å². The zero-order valence-corrected chi connectivity index (χ0v) is 14.6. The van der Waals surface area contributed by atoms with E-state index in [1.165, 1.54) is 14.7 Å². The Hall–Kier alpha value is -0.330. The summed E-state index contributed by atoms with van der Waals surface area (Å²) in [7, 11) is 0. The third-order valence-corrected chi connectivity index (χ3v) is 5.31. The van der Waals surface area contributed by atoms with E-state index in [-0.39, 0.29) is 6.04 Å². The van der Waals surface area contributed by atoms with Crippen molar-refractivity contribution in [1.82, 2.24) is 5.43 Å². The number of nitrogens with one attached hydrogen (secondary N) is 1. The van der Waals surface area contributed by atoms with E-state index < -0.39 is 0 Å². The smallest absolute Gasteiger partial charge is 0.0511 e. The molecule has 1 unspecified atom stereocenters. The Morgan fingerprint density at radius 3 is 2.70 bits per heavy atom. The first kappa shape index (κ1) is 16.0. The fourth-order valence-corrected chi connectivity index (χ4v) is 3.24. The maximum absolute atomic E-state index is 6.23. The van der Waals surface area contributed by atoms with Crippen LogP contribution in [0.25, 0.3) is 0 Å². The van der Waals surface area contributed by atoms with Crippen molar-refractivity contribution in [2.24, 2.45) is 5.84 Å². The molecule has 2 aromatic rings. The Morgan fingerprint density at radius 1 is 1.25 bits per heavy atom. The lowest BCUT2D eigenvalue weighted by molar-refractivity contribution is 0.549. The Labute approximate surface area is 142 Å². The van der Waals surface area contributed by atoms with Gasteiger partial charge in [0.2, 0.25) is 0 Å². The molecule has 2 nitrogen and oxygen atoms in total. The summed E-state index contributed by atoms with van der Waals surface area (Å²) in [6.07, 6.45) is 0.690. The first-order chi connectivity index (χ1) is 9.52. The maximum atomic E-state index is 6.23. The minimum absolute atomic E-state index is 0.00207. The molecule has 3 N–H and O–H groups in total. The summed E-state index contributed by atoms with van der Waals surface area (Å²) in [4.78, 5) is 0. The molecule has 0 aliphatic heterocycles. The number of hydrogen-bond acceptors (Lipinski definition) is 2. The van der Waals surface area contributed by atoms with Gasteiger partial charge in [0.1, 0.15) is 0 Å². The number of hydrogen-bond donors (Lipinski definition) is 2. The van der Waals surface area contributed by atoms with Crippen molar-refractivity contribution in [3.8, 4) is 0 Å². The van der Waals surface area contributed by atoms with Crippen LogP contribution in [-0.2, 0) is 6.42 Å². The zero-order valence-electron chi connectivity index (χ0n) is 11.0. The lowest BCUT2D eigenvalue weighted by Crippen LogP contribution is -2.30. The van der Waals surface area contributed by atoms with Crippen LogP contribution in [0.15, 0.2) is 36.4 Å². The Morgan fingerprint density at radius 2 is 2.00 bits per heavy atom. The van der Waals surface area contributed by atoms with Crippen molar-refractivity contribution < 1.29 is 0 Å². The average molecular weight is 421 g/mol. The molecule has 20 heavy (non-hydrogen) atoms. The Balaban J connectivity index is 2.34. The van der Waals surface area contributed by atoms with E-state index >= 15 is 0 Å².